The van der Waals surface area contributed by atoms with Crippen molar-refractivity contribution in [3.05, 3.63) is 40.6 Å². The normalized spacial score (nSPS) is 12.7. The van der Waals surface area contributed by atoms with Crippen molar-refractivity contribution in [3.63, 3.8) is 0 Å². The number of aromatic nitrogens is 2. The summed E-state index contributed by atoms with van der Waals surface area (Å²) in [5, 5.41) is 10.6. The standard InChI is InChI=1S/C12H13BrN2OS/c1-8(16)10-4-3-9(13)7-11(10)17-12-14-5-6-15(12)2/h3-8,16H,1-2H3. The summed E-state index contributed by atoms with van der Waals surface area (Å²) in [6, 6.07) is 5.87. The molecule has 2 rings (SSSR count). The van der Waals surface area contributed by atoms with Crippen molar-refractivity contribution in [2.75, 3.05) is 0 Å². The van der Waals surface area contributed by atoms with Crippen LogP contribution in [-0.4, -0.2) is 14.7 Å². The Labute approximate surface area is 113 Å². The molecule has 0 amide bonds. The van der Waals surface area contributed by atoms with Gasteiger partial charge in [-0.3, -0.25) is 0 Å². The summed E-state index contributed by atoms with van der Waals surface area (Å²) in [6.07, 6.45) is 3.19. The molecule has 1 atom stereocenters. The number of aliphatic hydroxyl groups excluding tert-OH is 1. The van der Waals surface area contributed by atoms with Crippen molar-refractivity contribution >= 4 is 27.7 Å². The van der Waals surface area contributed by atoms with Crippen molar-refractivity contribution in [2.45, 2.75) is 23.1 Å². The number of hydrogen-bond acceptors (Lipinski definition) is 3. The van der Waals surface area contributed by atoms with Crippen molar-refractivity contribution in [2.24, 2.45) is 7.05 Å². The number of aryl methyl sites for hydroxylation is 1. The Morgan fingerprint density at radius 3 is 2.82 bits per heavy atom. The van der Waals surface area contributed by atoms with Crippen LogP contribution < -0.4 is 0 Å². The molecule has 0 aliphatic carbocycles. The maximum Gasteiger partial charge on any atom is 0.172 e. The first-order chi connectivity index (χ1) is 8.08. The average Bonchev–Trinajstić information content (AvgIpc) is 2.64. The van der Waals surface area contributed by atoms with Crippen LogP contribution >= 0.6 is 27.7 Å². The third kappa shape index (κ3) is 2.91. The van der Waals surface area contributed by atoms with Crippen LogP contribution in [0.2, 0.25) is 0 Å². The molecular weight excluding hydrogens is 300 g/mol. The largest absolute Gasteiger partial charge is 0.389 e. The first kappa shape index (κ1) is 12.7. The van der Waals surface area contributed by atoms with Gasteiger partial charge in [0, 0.05) is 28.8 Å². The maximum absolute atomic E-state index is 9.74. The van der Waals surface area contributed by atoms with E-state index in [4.69, 9.17) is 0 Å². The van der Waals surface area contributed by atoms with Crippen LogP contribution in [0.1, 0.15) is 18.6 Å². The maximum atomic E-state index is 9.74. The van der Waals surface area contributed by atoms with Crippen LogP contribution in [-0.2, 0) is 7.05 Å². The molecule has 0 bridgehead atoms. The summed E-state index contributed by atoms with van der Waals surface area (Å²) in [7, 11) is 1.95. The average molecular weight is 313 g/mol. The second-order valence-electron chi connectivity index (χ2n) is 3.78. The van der Waals surface area contributed by atoms with E-state index in [2.05, 4.69) is 20.9 Å². The van der Waals surface area contributed by atoms with Crippen molar-refractivity contribution < 1.29 is 5.11 Å². The fourth-order valence-corrected chi connectivity index (χ4v) is 3.06. The van der Waals surface area contributed by atoms with Gasteiger partial charge in [0.1, 0.15) is 0 Å². The van der Waals surface area contributed by atoms with Crippen LogP contribution in [0.15, 0.2) is 45.1 Å². The number of hydrogen-bond donors (Lipinski definition) is 1. The fourth-order valence-electron chi connectivity index (χ4n) is 1.49. The summed E-state index contributed by atoms with van der Waals surface area (Å²) < 4.78 is 2.95. The van der Waals surface area contributed by atoms with E-state index in [0.29, 0.717) is 0 Å². The van der Waals surface area contributed by atoms with E-state index >= 15 is 0 Å². The molecule has 1 N–H and O–H groups in total. The van der Waals surface area contributed by atoms with Crippen molar-refractivity contribution in [3.8, 4) is 0 Å². The highest BCUT2D eigenvalue weighted by atomic mass is 79.9. The zero-order valence-corrected chi connectivity index (χ0v) is 12.0. The molecule has 1 unspecified atom stereocenters. The van der Waals surface area contributed by atoms with E-state index in [1.807, 2.05) is 36.0 Å². The molecule has 0 aliphatic heterocycles. The zero-order chi connectivity index (χ0) is 12.4. The van der Waals surface area contributed by atoms with Gasteiger partial charge in [0.25, 0.3) is 0 Å². The number of imidazole rings is 1. The number of benzene rings is 1. The minimum atomic E-state index is -0.481. The van der Waals surface area contributed by atoms with Crippen LogP contribution in [0.25, 0.3) is 0 Å². The predicted molar refractivity (Wildman–Crippen MR) is 72.1 cm³/mol. The zero-order valence-electron chi connectivity index (χ0n) is 9.59. The molecule has 90 valence electrons. The molecule has 0 spiro atoms. The number of halogens is 1. The lowest BCUT2D eigenvalue weighted by atomic mass is 10.1. The minimum absolute atomic E-state index is 0.481. The Morgan fingerprint density at radius 1 is 1.47 bits per heavy atom. The first-order valence-electron chi connectivity index (χ1n) is 5.20. The quantitative estimate of drug-likeness (QED) is 0.944. The summed E-state index contributed by atoms with van der Waals surface area (Å²) in [6.45, 7) is 1.77. The lowest BCUT2D eigenvalue weighted by Gasteiger charge is -2.11. The van der Waals surface area contributed by atoms with E-state index in [9.17, 15) is 5.11 Å². The van der Waals surface area contributed by atoms with Crippen molar-refractivity contribution in [1.29, 1.82) is 0 Å². The van der Waals surface area contributed by atoms with Crippen LogP contribution in [0.5, 0.6) is 0 Å². The Hall–Kier alpha value is -0.780. The molecule has 1 aromatic heterocycles. The van der Waals surface area contributed by atoms with Gasteiger partial charge in [0.2, 0.25) is 0 Å². The van der Waals surface area contributed by atoms with Gasteiger partial charge in [0.05, 0.1) is 6.10 Å². The van der Waals surface area contributed by atoms with Gasteiger partial charge in [-0.15, -0.1) is 0 Å². The number of nitrogens with zero attached hydrogens (tertiary/aromatic N) is 2. The van der Waals surface area contributed by atoms with E-state index in [-0.39, 0.29) is 0 Å². The topological polar surface area (TPSA) is 38.1 Å². The lowest BCUT2D eigenvalue weighted by molar-refractivity contribution is 0.196. The fraction of sp³-hybridized carbons (Fsp3) is 0.250. The highest BCUT2D eigenvalue weighted by Crippen LogP contribution is 2.34. The molecule has 0 radical (unpaired) electrons. The number of rotatable bonds is 3. The highest BCUT2D eigenvalue weighted by molar-refractivity contribution is 9.10. The predicted octanol–water partition coefficient (Wildman–Crippen LogP) is 3.39. The number of aliphatic hydroxyl groups is 1. The lowest BCUT2D eigenvalue weighted by Crippen LogP contribution is -1.95. The third-order valence-electron chi connectivity index (χ3n) is 2.40. The summed E-state index contributed by atoms with van der Waals surface area (Å²) >= 11 is 5.00. The minimum Gasteiger partial charge on any atom is -0.389 e. The van der Waals surface area contributed by atoms with Gasteiger partial charge < -0.3 is 9.67 Å². The van der Waals surface area contributed by atoms with Crippen LogP contribution in [0.4, 0.5) is 0 Å². The molecule has 1 aromatic carbocycles. The molecule has 17 heavy (non-hydrogen) atoms. The second kappa shape index (κ2) is 5.25. The Balaban J connectivity index is 2.37. The van der Waals surface area contributed by atoms with Gasteiger partial charge in [-0.05, 0) is 24.6 Å². The van der Waals surface area contributed by atoms with Crippen LogP contribution in [0.3, 0.4) is 0 Å². The monoisotopic (exact) mass is 312 g/mol. The van der Waals surface area contributed by atoms with E-state index in [1.54, 1.807) is 24.9 Å². The van der Waals surface area contributed by atoms with Gasteiger partial charge in [-0.2, -0.15) is 0 Å². The first-order valence-corrected chi connectivity index (χ1v) is 6.81. The summed E-state index contributed by atoms with van der Waals surface area (Å²) in [5.41, 5.74) is 0.918. The van der Waals surface area contributed by atoms with Crippen molar-refractivity contribution in [1.82, 2.24) is 9.55 Å². The molecule has 3 nitrogen and oxygen atoms in total. The Kier molecular flexibility index (Phi) is 3.91. The van der Waals surface area contributed by atoms with Gasteiger partial charge in [-0.25, -0.2) is 4.98 Å². The molecule has 0 saturated heterocycles. The van der Waals surface area contributed by atoms with Gasteiger partial charge >= 0.3 is 0 Å². The molecule has 0 aliphatic rings. The smallest absolute Gasteiger partial charge is 0.172 e. The van der Waals surface area contributed by atoms with E-state index in [1.165, 1.54) is 0 Å². The molecular formula is C12H13BrN2OS. The molecule has 0 fully saturated rings. The SMILES string of the molecule is CC(O)c1ccc(Br)cc1Sc1nccn1C. The van der Waals surface area contributed by atoms with Gasteiger partial charge in [-0.1, -0.05) is 33.8 Å². The summed E-state index contributed by atoms with van der Waals surface area (Å²) in [4.78, 5) is 5.29. The van der Waals surface area contributed by atoms with Crippen LogP contribution in [0, 0.1) is 0 Å². The molecule has 2 aromatic rings. The van der Waals surface area contributed by atoms with Gasteiger partial charge in [0.15, 0.2) is 5.16 Å². The third-order valence-corrected chi connectivity index (χ3v) is 4.05. The molecule has 1 heterocycles. The van der Waals surface area contributed by atoms with E-state index in [0.717, 1.165) is 20.1 Å². The Morgan fingerprint density at radius 2 is 2.24 bits per heavy atom. The molecule has 5 heteroatoms. The van der Waals surface area contributed by atoms with E-state index < -0.39 is 6.10 Å². The molecule has 0 saturated carbocycles. The Bertz CT molecular complexity index is 525. The second-order valence-corrected chi connectivity index (χ2v) is 5.71. The summed E-state index contributed by atoms with van der Waals surface area (Å²) in [5.74, 6) is 0. The highest BCUT2D eigenvalue weighted by Gasteiger charge is 2.11.